The topological polar surface area (TPSA) is 60.9 Å². The molecule has 0 saturated heterocycles. The maximum absolute atomic E-state index is 13.9. The lowest BCUT2D eigenvalue weighted by molar-refractivity contribution is -0.120. The fraction of sp³-hybridized carbons (Fsp3) is 0.167. The highest BCUT2D eigenvalue weighted by molar-refractivity contribution is 7.22. The largest absolute Gasteiger partial charge is 0.495 e. The van der Waals surface area contributed by atoms with Crippen LogP contribution in [0.3, 0.4) is 0 Å². The molecule has 4 rings (SSSR count). The number of rotatable bonds is 8. The molecule has 0 fully saturated rings. The molecular formula is C24H21FN2O4S. The minimum absolute atomic E-state index is 0.0214. The van der Waals surface area contributed by atoms with E-state index in [-0.39, 0.29) is 24.8 Å². The Kier molecular flexibility index (Phi) is 6.51. The number of anilines is 1. The number of nitrogens with zero attached hydrogens (tertiary/aromatic N) is 2. The number of aromatic nitrogens is 1. The van der Waals surface area contributed by atoms with Gasteiger partial charge in [0.05, 0.1) is 20.8 Å². The molecule has 1 amide bonds. The lowest BCUT2D eigenvalue weighted by Gasteiger charge is -2.20. The fourth-order valence-corrected chi connectivity index (χ4v) is 4.29. The highest BCUT2D eigenvalue weighted by atomic mass is 32.1. The van der Waals surface area contributed by atoms with Gasteiger partial charge in [-0.3, -0.25) is 9.69 Å². The number of para-hydroxylation sites is 1. The first-order chi connectivity index (χ1) is 15.6. The van der Waals surface area contributed by atoms with Crippen LogP contribution in [0.25, 0.3) is 10.2 Å². The normalized spacial score (nSPS) is 10.7. The molecule has 3 aromatic carbocycles. The van der Waals surface area contributed by atoms with Crippen molar-refractivity contribution in [3.8, 4) is 17.2 Å². The third-order valence-electron chi connectivity index (χ3n) is 4.80. The highest BCUT2D eigenvalue weighted by Crippen LogP contribution is 2.40. The average Bonchev–Trinajstić information content (AvgIpc) is 3.27. The van der Waals surface area contributed by atoms with Crippen LogP contribution in [-0.2, 0) is 11.3 Å². The predicted molar refractivity (Wildman–Crippen MR) is 122 cm³/mol. The quantitative estimate of drug-likeness (QED) is 0.374. The number of fused-ring (bicyclic) bond motifs is 1. The Hall–Kier alpha value is -3.65. The van der Waals surface area contributed by atoms with Gasteiger partial charge >= 0.3 is 0 Å². The summed E-state index contributed by atoms with van der Waals surface area (Å²) in [5.74, 6) is 0.365. The maximum atomic E-state index is 13.9. The van der Waals surface area contributed by atoms with Gasteiger partial charge in [0.1, 0.15) is 21.7 Å². The molecule has 0 unspecified atom stereocenters. The van der Waals surface area contributed by atoms with Crippen molar-refractivity contribution in [2.24, 2.45) is 0 Å². The summed E-state index contributed by atoms with van der Waals surface area (Å²) in [5.41, 5.74) is 1.53. The number of methoxy groups -OCH3 is 2. The number of benzene rings is 3. The van der Waals surface area contributed by atoms with E-state index in [4.69, 9.17) is 14.2 Å². The van der Waals surface area contributed by atoms with Crippen molar-refractivity contribution in [1.29, 1.82) is 0 Å². The van der Waals surface area contributed by atoms with E-state index in [0.29, 0.717) is 22.1 Å². The molecule has 0 atom stereocenters. The molecule has 4 aromatic rings. The second kappa shape index (κ2) is 9.65. The van der Waals surface area contributed by atoms with Crippen molar-refractivity contribution in [3.05, 3.63) is 78.1 Å². The van der Waals surface area contributed by atoms with Crippen molar-refractivity contribution >= 4 is 32.6 Å². The van der Waals surface area contributed by atoms with Crippen LogP contribution in [-0.4, -0.2) is 31.7 Å². The smallest absolute Gasteiger partial charge is 0.267 e. The Morgan fingerprint density at radius 1 is 0.938 bits per heavy atom. The number of hydrogen-bond donors (Lipinski definition) is 0. The Morgan fingerprint density at radius 2 is 1.62 bits per heavy atom. The third kappa shape index (κ3) is 4.50. The Balaban J connectivity index is 1.69. The number of halogens is 1. The van der Waals surface area contributed by atoms with Crippen molar-refractivity contribution in [3.63, 3.8) is 0 Å². The third-order valence-corrected chi connectivity index (χ3v) is 5.90. The minimum atomic E-state index is -0.524. The molecule has 0 aliphatic rings. The molecule has 0 saturated carbocycles. The first kappa shape index (κ1) is 21.6. The number of thiazole rings is 1. The van der Waals surface area contributed by atoms with Gasteiger partial charge in [0.15, 0.2) is 23.3 Å². The van der Waals surface area contributed by atoms with Gasteiger partial charge in [0.2, 0.25) is 0 Å². The van der Waals surface area contributed by atoms with Gasteiger partial charge in [-0.1, -0.05) is 53.8 Å². The van der Waals surface area contributed by atoms with E-state index >= 15 is 0 Å². The summed E-state index contributed by atoms with van der Waals surface area (Å²) in [6.45, 7) is -0.0529. The summed E-state index contributed by atoms with van der Waals surface area (Å²) in [4.78, 5) is 19.4. The van der Waals surface area contributed by atoms with Gasteiger partial charge in [-0.2, -0.15) is 0 Å². The molecule has 32 heavy (non-hydrogen) atoms. The van der Waals surface area contributed by atoms with Crippen LogP contribution in [0.2, 0.25) is 0 Å². The van der Waals surface area contributed by atoms with Crippen LogP contribution in [0, 0.1) is 5.82 Å². The molecule has 0 N–H and O–H groups in total. The summed E-state index contributed by atoms with van der Waals surface area (Å²) >= 11 is 1.32. The summed E-state index contributed by atoms with van der Waals surface area (Å²) < 4.78 is 31.1. The van der Waals surface area contributed by atoms with E-state index < -0.39 is 5.82 Å². The molecule has 0 radical (unpaired) electrons. The molecule has 164 valence electrons. The van der Waals surface area contributed by atoms with E-state index in [1.165, 1.54) is 28.4 Å². The van der Waals surface area contributed by atoms with Crippen LogP contribution in [0.15, 0.2) is 66.7 Å². The van der Waals surface area contributed by atoms with Crippen LogP contribution in [0.5, 0.6) is 17.2 Å². The second-order valence-electron chi connectivity index (χ2n) is 6.83. The van der Waals surface area contributed by atoms with Crippen LogP contribution >= 0.6 is 11.3 Å². The standard InChI is InChI=1S/C24H21FN2O4S/c1-29-19-12-13-20(30-2)23-22(19)26-24(32-23)27(14-16-8-4-3-5-9-16)21(28)15-31-18-11-7-6-10-17(18)25/h3-13H,14-15H2,1-2H3. The molecule has 0 spiro atoms. The van der Waals surface area contributed by atoms with Crippen LogP contribution in [0.4, 0.5) is 9.52 Å². The zero-order valence-electron chi connectivity index (χ0n) is 17.6. The fourth-order valence-electron chi connectivity index (χ4n) is 3.20. The van der Waals surface area contributed by atoms with Gasteiger partial charge < -0.3 is 14.2 Å². The van der Waals surface area contributed by atoms with Gasteiger partial charge in [0.25, 0.3) is 5.91 Å². The van der Waals surface area contributed by atoms with E-state index in [9.17, 15) is 9.18 Å². The van der Waals surface area contributed by atoms with E-state index in [1.807, 2.05) is 30.3 Å². The lowest BCUT2D eigenvalue weighted by atomic mass is 10.2. The van der Waals surface area contributed by atoms with Crippen molar-refractivity contribution in [2.75, 3.05) is 25.7 Å². The zero-order valence-corrected chi connectivity index (χ0v) is 18.4. The van der Waals surface area contributed by atoms with Gasteiger partial charge in [-0.05, 0) is 29.8 Å². The van der Waals surface area contributed by atoms with Crippen molar-refractivity contribution in [1.82, 2.24) is 4.98 Å². The van der Waals surface area contributed by atoms with Gasteiger partial charge in [-0.15, -0.1) is 0 Å². The van der Waals surface area contributed by atoms with E-state index in [2.05, 4.69) is 4.98 Å². The summed E-state index contributed by atoms with van der Waals surface area (Å²) in [7, 11) is 3.14. The molecule has 0 aliphatic carbocycles. The highest BCUT2D eigenvalue weighted by Gasteiger charge is 2.23. The van der Waals surface area contributed by atoms with Crippen LogP contribution < -0.4 is 19.1 Å². The Morgan fingerprint density at radius 3 is 2.34 bits per heavy atom. The first-order valence-corrected chi connectivity index (χ1v) is 10.7. The number of hydrogen-bond acceptors (Lipinski definition) is 6. The molecule has 8 heteroatoms. The number of carbonyl (C=O) groups excluding carboxylic acids is 1. The van der Waals surface area contributed by atoms with E-state index in [1.54, 1.807) is 38.5 Å². The summed E-state index contributed by atoms with van der Waals surface area (Å²) in [6.07, 6.45) is 0. The molecule has 0 aliphatic heterocycles. The molecule has 1 heterocycles. The zero-order chi connectivity index (χ0) is 22.5. The predicted octanol–water partition coefficient (Wildman–Crippen LogP) is 5.06. The molecule has 6 nitrogen and oxygen atoms in total. The minimum Gasteiger partial charge on any atom is -0.495 e. The molecular weight excluding hydrogens is 431 g/mol. The number of carbonyl (C=O) groups is 1. The van der Waals surface area contributed by atoms with Crippen molar-refractivity contribution < 1.29 is 23.4 Å². The first-order valence-electron chi connectivity index (χ1n) is 9.84. The van der Waals surface area contributed by atoms with Crippen molar-refractivity contribution in [2.45, 2.75) is 6.54 Å². The summed E-state index contributed by atoms with van der Waals surface area (Å²) in [5, 5.41) is 0.466. The molecule has 0 bridgehead atoms. The average molecular weight is 453 g/mol. The Bertz CT molecular complexity index is 1190. The SMILES string of the molecule is COc1ccc(OC)c2sc(N(Cc3ccccc3)C(=O)COc3ccccc3F)nc12. The lowest BCUT2D eigenvalue weighted by Crippen LogP contribution is -2.34. The number of ether oxygens (including phenoxy) is 3. The van der Waals surface area contributed by atoms with E-state index in [0.717, 1.165) is 10.3 Å². The van der Waals surface area contributed by atoms with Gasteiger partial charge in [0, 0.05) is 0 Å². The second-order valence-corrected chi connectivity index (χ2v) is 7.81. The van der Waals surface area contributed by atoms with Gasteiger partial charge in [-0.25, -0.2) is 9.37 Å². The van der Waals surface area contributed by atoms with Crippen LogP contribution in [0.1, 0.15) is 5.56 Å². The molecule has 1 aromatic heterocycles. The maximum Gasteiger partial charge on any atom is 0.267 e. The monoisotopic (exact) mass is 452 g/mol. The number of amides is 1. The Labute approximate surface area is 188 Å². The summed E-state index contributed by atoms with van der Waals surface area (Å²) in [6, 6.07) is 19.1.